The average molecular weight is 306 g/mol. The van der Waals surface area contributed by atoms with E-state index < -0.39 is 0 Å². The minimum absolute atomic E-state index is 0.667. The molecule has 0 bridgehead atoms. The van der Waals surface area contributed by atoms with Gasteiger partial charge in [0, 0.05) is 17.1 Å². The zero-order valence-corrected chi connectivity index (χ0v) is 13.9. The van der Waals surface area contributed by atoms with E-state index in [4.69, 9.17) is 11.6 Å². The van der Waals surface area contributed by atoms with Crippen molar-refractivity contribution >= 4 is 11.6 Å². The van der Waals surface area contributed by atoms with Crippen LogP contribution in [0.1, 0.15) is 69.8 Å². The maximum atomic E-state index is 6.31. The van der Waals surface area contributed by atoms with Gasteiger partial charge in [-0.1, -0.05) is 56.0 Å². The Hall–Kier alpha value is -0.530. The Balaban J connectivity index is 1.50. The summed E-state index contributed by atoms with van der Waals surface area (Å²) in [5, 5.41) is 4.89. The van der Waals surface area contributed by atoms with Gasteiger partial charge in [-0.2, -0.15) is 0 Å². The molecule has 1 aromatic rings. The first-order chi connectivity index (χ1) is 10.3. The maximum Gasteiger partial charge on any atom is 0.0440 e. The van der Waals surface area contributed by atoms with E-state index in [1.54, 1.807) is 0 Å². The average Bonchev–Trinajstić information content (AvgIpc) is 2.48. The summed E-state index contributed by atoms with van der Waals surface area (Å²) in [5.41, 5.74) is 1.35. The standard InChI is InChI=1S/C19H28ClN/c1-2-19(14-8-4-3-5-9-14)21-16-12-15(13-16)17-10-6-7-11-18(17)20/h6-7,10-11,14-16,19,21H,2-5,8-9,12-13H2,1H3. The topological polar surface area (TPSA) is 12.0 Å². The summed E-state index contributed by atoms with van der Waals surface area (Å²) in [5.74, 6) is 1.59. The second-order valence-electron chi connectivity index (χ2n) is 6.97. The third-order valence-electron chi connectivity index (χ3n) is 5.59. The van der Waals surface area contributed by atoms with E-state index in [2.05, 4.69) is 24.4 Å². The summed E-state index contributed by atoms with van der Waals surface area (Å²) in [6.07, 6.45) is 11.0. The van der Waals surface area contributed by atoms with E-state index in [1.807, 2.05) is 12.1 Å². The van der Waals surface area contributed by atoms with Crippen molar-refractivity contribution in [2.24, 2.45) is 5.92 Å². The van der Waals surface area contributed by atoms with Gasteiger partial charge in [0.25, 0.3) is 0 Å². The molecule has 0 spiro atoms. The molecule has 1 unspecified atom stereocenters. The van der Waals surface area contributed by atoms with Gasteiger partial charge in [-0.15, -0.1) is 0 Å². The molecule has 3 rings (SSSR count). The van der Waals surface area contributed by atoms with Crippen LogP contribution in [0.25, 0.3) is 0 Å². The van der Waals surface area contributed by atoms with Gasteiger partial charge in [-0.3, -0.25) is 0 Å². The minimum atomic E-state index is 0.667. The van der Waals surface area contributed by atoms with Gasteiger partial charge in [0.05, 0.1) is 0 Å². The van der Waals surface area contributed by atoms with Crippen LogP contribution in [0, 0.1) is 5.92 Å². The van der Waals surface area contributed by atoms with Crippen LogP contribution in [0.15, 0.2) is 24.3 Å². The molecule has 2 heteroatoms. The predicted octanol–water partition coefficient (Wildman–Crippen LogP) is 5.53. The van der Waals surface area contributed by atoms with Crippen LogP contribution in [-0.2, 0) is 0 Å². The third-order valence-corrected chi connectivity index (χ3v) is 5.94. The Bertz CT molecular complexity index is 447. The molecule has 21 heavy (non-hydrogen) atoms. The number of hydrogen-bond acceptors (Lipinski definition) is 1. The van der Waals surface area contributed by atoms with Crippen LogP contribution < -0.4 is 5.32 Å². The van der Waals surface area contributed by atoms with E-state index >= 15 is 0 Å². The second-order valence-corrected chi connectivity index (χ2v) is 7.37. The molecule has 0 radical (unpaired) electrons. The lowest BCUT2D eigenvalue weighted by Gasteiger charge is -2.41. The Morgan fingerprint density at radius 1 is 1.14 bits per heavy atom. The molecule has 2 fully saturated rings. The largest absolute Gasteiger partial charge is 0.311 e. The lowest BCUT2D eigenvalue weighted by Crippen LogP contribution is -2.48. The number of hydrogen-bond donors (Lipinski definition) is 1. The predicted molar refractivity (Wildman–Crippen MR) is 91.0 cm³/mol. The van der Waals surface area contributed by atoms with Crippen molar-refractivity contribution in [1.29, 1.82) is 0 Å². The van der Waals surface area contributed by atoms with Crippen molar-refractivity contribution < 1.29 is 0 Å². The molecule has 0 heterocycles. The fourth-order valence-electron chi connectivity index (χ4n) is 4.24. The summed E-state index contributed by atoms with van der Waals surface area (Å²) >= 11 is 6.31. The Labute approximate surface area is 134 Å². The molecule has 0 amide bonds. The van der Waals surface area contributed by atoms with Gasteiger partial charge >= 0.3 is 0 Å². The molecular formula is C19H28ClN. The number of benzene rings is 1. The molecule has 0 aromatic heterocycles. The van der Waals surface area contributed by atoms with Crippen LogP contribution in [0.2, 0.25) is 5.02 Å². The smallest absolute Gasteiger partial charge is 0.0440 e. The van der Waals surface area contributed by atoms with E-state index in [0.29, 0.717) is 12.0 Å². The van der Waals surface area contributed by atoms with Gasteiger partial charge in [-0.25, -0.2) is 0 Å². The molecule has 116 valence electrons. The zero-order chi connectivity index (χ0) is 14.7. The molecule has 1 nitrogen and oxygen atoms in total. The monoisotopic (exact) mass is 305 g/mol. The molecule has 0 aliphatic heterocycles. The molecule has 1 aromatic carbocycles. The molecule has 2 saturated carbocycles. The summed E-state index contributed by atoms with van der Waals surface area (Å²) in [6, 6.07) is 9.80. The third kappa shape index (κ3) is 3.63. The number of halogens is 1. The molecule has 2 aliphatic carbocycles. The molecule has 2 aliphatic rings. The van der Waals surface area contributed by atoms with Crippen molar-refractivity contribution in [2.45, 2.75) is 76.3 Å². The Morgan fingerprint density at radius 3 is 2.52 bits per heavy atom. The molecule has 1 N–H and O–H groups in total. The molecule has 0 saturated heterocycles. The molecular weight excluding hydrogens is 278 g/mol. The lowest BCUT2D eigenvalue weighted by molar-refractivity contribution is 0.197. The fourth-order valence-corrected chi connectivity index (χ4v) is 4.53. The van der Waals surface area contributed by atoms with Gasteiger partial charge in [0.15, 0.2) is 0 Å². The van der Waals surface area contributed by atoms with E-state index in [1.165, 1.54) is 56.9 Å². The van der Waals surface area contributed by atoms with Crippen LogP contribution in [-0.4, -0.2) is 12.1 Å². The fraction of sp³-hybridized carbons (Fsp3) is 0.684. The Kier molecular flexibility index (Phi) is 5.24. The van der Waals surface area contributed by atoms with E-state index in [0.717, 1.165) is 17.0 Å². The first-order valence-electron chi connectivity index (χ1n) is 8.78. The van der Waals surface area contributed by atoms with Crippen molar-refractivity contribution in [3.05, 3.63) is 34.9 Å². The molecule has 1 atom stereocenters. The summed E-state index contributed by atoms with van der Waals surface area (Å²) in [6.45, 7) is 2.34. The van der Waals surface area contributed by atoms with Crippen molar-refractivity contribution in [3.8, 4) is 0 Å². The first-order valence-corrected chi connectivity index (χ1v) is 9.16. The number of nitrogens with one attached hydrogen (secondary N) is 1. The highest BCUT2D eigenvalue weighted by Crippen LogP contribution is 2.40. The SMILES string of the molecule is CCC(NC1CC(c2ccccc2Cl)C1)C1CCCCC1. The van der Waals surface area contributed by atoms with Crippen LogP contribution >= 0.6 is 11.6 Å². The normalized spacial score (nSPS) is 28.1. The quantitative estimate of drug-likeness (QED) is 0.753. The highest BCUT2D eigenvalue weighted by molar-refractivity contribution is 6.31. The summed E-state index contributed by atoms with van der Waals surface area (Å²) in [7, 11) is 0. The summed E-state index contributed by atoms with van der Waals surface area (Å²) < 4.78 is 0. The Morgan fingerprint density at radius 2 is 1.86 bits per heavy atom. The highest BCUT2D eigenvalue weighted by Gasteiger charge is 2.34. The maximum absolute atomic E-state index is 6.31. The first kappa shape index (κ1) is 15.4. The van der Waals surface area contributed by atoms with Crippen molar-refractivity contribution in [1.82, 2.24) is 5.32 Å². The lowest BCUT2D eigenvalue weighted by atomic mass is 9.74. The van der Waals surface area contributed by atoms with Crippen molar-refractivity contribution in [2.75, 3.05) is 0 Å². The zero-order valence-electron chi connectivity index (χ0n) is 13.2. The van der Waals surface area contributed by atoms with Gasteiger partial charge in [0.2, 0.25) is 0 Å². The second kappa shape index (κ2) is 7.15. The van der Waals surface area contributed by atoms with Gasteiger partial charge < -0.3 is 5.32 Å². The van der Waals surface area contributed by atoms with Crippen LogP contribution in [0.4, 0.5) is 0 Å². The highest BCUT2D eigenvalue weighted by atomic mass is 35.5. The van der Waals surface area contributed by atoms with E-state index in [9.17, 15) is 0 Å². The number of rotatable bonds is 5. The van der Waals surface area contributed by atoms with Crippen LogP contribution in [0.3, 0.4) is 0 Å². The van der Waals surface area contributed by atoms with E-state index in [-0.39, 0.29) is 0 Å². The van der Waals surface area contributed by atoms with Crippen molar-refractivity contribution in [3.63, 3.8) is 0 Å². The minimum Gasteiger partial charge on any atom is -0.311 e. The van der Waals surface area contributed by atoms with Gasteiger partial charge in [0.1, 0.15) is 0 Å². The van der Waals surface area contributed by atoms with Gasteiger partial charge in [-0.05, 0) is 55.6 Å². The summed E-state index contributed by atoms with van der Waals surface area (Å²) in [4.78, 5) is 0. The van der Waals surface area contributed by atoms with Crippen LogP contribution in [0.5, 0.6) is 0 Å².